The van der Waals surface area contributed by atoms with Crippen molar-refractivity contribution in [2.24, 2.45) is 0 Å². The number of halogens is 2. The predicted octanol–water partition coefficient (Wildman–Crippen LogP) is 4.84. The Balaban J connectivity index is 1.94. The number of anilines is 1. The van der Waals surface area contributed by atoms with Crippen LogP contribution in [0.2, 0.25) is 10.0 Å². The summed E-state index contributed by atoms with van der Waals surface area (Å²) < 4.78 is 33.9. The van der Waals surface area contributed by atoms with Crippen molar-refractivity contribution in [1.82, 2.24) is 4.72 Å². The van der Waals surface area contributed by atoms with Gasteiger partial charge in [-0.05, 0) is 54.8 Å². The second-order valence-corrected chi connectivity index (χ2v) is 9.66. The molecule has 9 heteroatoms. The molecule has 0 radical (unpaired) electrons. The zero-order valence-corrected chi connectivity index (χ0v) is 19.8. The first kappa shape index (κ1) is 24.1. The van der Waals surface area contributed by atoms with Crippen LogP contribution in [0.5, 0.6) is 5.75 Å². The molecule has 1 amide bonds. The lowest BCUT2D eigenvalue weighted by atomic mass is 10.1. The molecule has 168 valence electrons. The fraction of sp³-hybridized carbons (Fsp3) is 0.174. The number of carbonyl (C=O) groups is 1. The highest BCUT2D eigenvalue weighted by Gasteiger charge is 2.28. The van der Waals surface area contributed by atoms with Gasteiger partial charge in [0.2, 0.25) is 15.9 Å². The van der Waals surface area contributed by atoms with Crippen LogP contribution in [0.4, 0.5) is 5.69 Å². The summed E-state index contributed by atoms with van der Waals surface area (Å²) >= 11 is 12.1. The molecule has 0 aliphatic heterocycles. The molecule has 0 spiro atoms. The van der Waals surface area contributed by atoms with Crippen molar-refractivity contribution in [1.29, 1.82) is 0 Å². The lowest BCUT2D eigenvalue weighted by molar-refractivity contribution is -0.117. The summed E-state index contributed by atoms with van der Waals surface area (Å²) in [6.07, 6.45) is 0.123. The topological polar surface area (TPSA) is 84.5 Å². The van der Waals surface area contributed by atoms with Crippen LogP contribution >= 0.6 is 23.2 Å². The third-order valence-electron chi connectivity index (χ3n) is 4.69. The smallest absolute Gasteiger partial charge is 0.243 e. The number of sulfonamides is 1. The fourth-order valence-electron chi connectivity index (χ4n) is 3.11. The maximum absolute atomic E-state index is 13.2. The van der Waals surface area contributed by atoms with Crippen LogP contribution < -0.4 is 14.8 Å². The minimum Gasteiger partial charge on any atom is -0.495 e. The number of benzene rings is 3. The summed E-state index contributed by atoms with van der Waals surface area (Å²) in [5.41, 5.74) is 2.13. The van der Waals surface area contributed by atoms with Gasteiger partial charge in [0.25, 0.3) is 0 Å². The highest BCUT2D eigenvalue weighted by Crippen LogP contribution is 2.27. The van der Waals surface area contributed by atoms with Crippen LogP contribution in [-0.2, 0) is 21.2 Å². The first-order valence-electron chi connectivity index (χ1n) is 9.66. The molecule has 1 atom stereocenters. The highest BCUT2D eigenvalue weighted by molar-refractivity contribution is 7.89. The summed E-state index contributed by atoms with van der Waals surface area (Å²) in [6, 6.07) is 17.4. The number of hydrogen-bond donors (Lipinski definition) is 2. The first-order valence-corrected chi connectivity index (χ1v) is 11.9. The third kappa shape index (κ3) is 6.01. The monoisotopic (exact) mass is 492 g/mol. The minimum atomic E-state index is -4.15. The molecule has 0 unspecified atom stereocenters. The van der Waals surface area contributed by atoms with Crippen molar-refractivity contribution >= 4 is 44.8 Å². The number of methoxy groups -OCH3 is 1. The zero-order chi connectivity index (χ0) is 23.3. The molecule has 6 nitrogen and oxygen atoms in total. The molecule has 0 heterocycles. The molecular weight excluding hydrogens is 471 g/mol. The van der Waals surface area contributed by atoms with Crippen molar-refractivity contribution in [2.45, 2.75) is 24.3 Å². The number of amides is 1. The predicted molar refractivity (Wildman–Crippen MR) is 127 cm³/mol. The minimum absolute atomic E-state index is 0.00104. The van der Waals surface area contributed by atoms with E-state index in [-0.39, 0.29) is 21.4 Å². The largest absolute Gasteiger partial charge is 0.495 e. The van der Waals surface area contributed by atoms with E-state index in [9.17, 15) is 13.2 Å². The molecule has 0 fully saturated rings. The van der Waals surface area contributed by atoms with Crippen molar-refractivity contribution in [3.63, 3.8) is 0 Å². The molecule has 3 rings (SSSR count). The number of carbonyl (C=O) groups excluding carboxylic acids is 1. The van der Waals surface area contributed by atoms with Crippen molar-refractivity contribution in [3.05, 3.63) is 87.9 Å². The van der Waals surface area contributed by atoms with E-state index in [0.717, 1.165) is 11.1 Å². The lowest BCUT2D eigenvalue weighted by Gasteiger charge is -2.20. The normalized spacial score (nSPS) is 12.2. The third-order valence-corrected chi connectivity index (χ3v) is 6.88. The van der Waals surface area contributed by atoms with E-state index in [4.69, 9.17) is 27.9 Å². The Morgan fingerprint density at radius 3 is 2.44 bits per heavy atom. The van der Waals surface area contributed by atoms with E-state index < -0.39 is 22.0 Å². The van der Waals surface area contributed by atoms with Gasteiger partial charge in [-0.3, -0.25) is 4.79 Å². The van der Waals surface area contributed by atoms with Gasteiger partial charge in [0, 0.05) is 5.02 Å². The van der Waals surface area contributed by atoms with Crippen LogP contribution in [-0.4, -0.2) is 27.5 Å². The van der Waals surface area contributed by atoms with E-state index in [0.29, 0.717) is 11.4 Å². The van der Waals surface area contributed by atoms with E-state index in [2.05, 4.69) is 10.0 Å². The molecule has 0 bridgehead atoms. The highest BCUT2D eigenvalue weighted by atomic mass is 35.5. The standard InChI is InChI=1S/C23H22Cl2N2O4S/c1-15-8-11-21(31-2)19(12-15)26-23(28)20(13-16-6-4-3-5-7-16)27-32(29,30)22-14-17(24)9-10-18(22)25/h3-12,14,20,27H,13H2,1-2H3,(H,26,28)/t20-/m1/s1. The summed E-state index contributed by atoms with van der Waals surface area (Å²) in [6.45, 7) is 1.88. The lowest BCUT2D eigenvalue weighted by Crippen LogP contribution is -2.45. The molecule has 0 saturated carbocycles. The van der Waals surface area contributed by atoms with Gasteiger partial charge in [0.15, 0.2) is 0 Å². The van der Waals surface area contributed by atoms with Crippen molar-refractivity contribution < 1.29 is 17.9 Å². The van der Waals surface area contributed by atoms with Gasteiger partial charge < -0.3 is 10.1 Å². The quantitative estimate of drug-likeness (QED) is 0.471. The van der Waals surface area contributed by atoms with E-state index in [1.54, 1.807) is 12.1 Å². The second kappa shape index (κ2) is 10.4. The Morgan fingerprint density at radius 1 is 1.03 bits per heavy atom. The molecule has 3 aromatic carbocycles. The Bertz CT molecular complexity index is 1220. The van der Waals surface area contributed by atoms with Crippen LogP contribution in [0.15, 0.2) is 71.6 Å². The van der Waals surface area contributed by atoms with E-state index >= 15 is 0 Å². The molecule has 0 saturated heterocycles. The van der Waals surface area contributed by atoms with Crippen molar-refractivity contribution in [3.8, 4) is 5.75 Å². The Labute approximate surface area is 197 Å². The number of rotatable bonds is 8. The first-order chi connectivity index (χ1) is 15.2. The molecule has 0 aliphatic rings. The van der Waals surface area contributed by atoms with Gasteiger partial charge in [-0.25, -0.2) is 8.42 Å². The SMILES string of the molecule is COc1ccc(C)cc1NC(=O)[C@@H](Cc1ccccc1)NS(=O)(=O)c1cc(Cl)ccc1Cl. The van der Waals surface area contributed by atoms with Gasteiger partial charge >= 0.3 is 0 Å². The Hall–Kier alpha value is -2.58. The summed E-state index contributed by atoms with van der Waals surface area (Å²) in [4.78, 5) is 13.0. The van der Waals surface area contributed by atoms with Crippen molar-refractivity contribution in [2.75, 3.05) is 12.4 Å². The van der Waals surface area contributed by atoms with Gasteiger partial charge in [0.05, 0.1) is 17.8 Å². The van der Waals surface area contributed by atoms with Crippen LogP contribution in [0, 0.1) is 6.92 Å². The molecule has 2 N–H and O–H groups in total. The maximum Gasteiger partial charge on any atom is 0.243 e. The maximum atomic E-state index is 13.2. The fourth-order valence-corrected chi connectivity index (χ4v) is 5.07. The van der Waals surface area contributed by atoms with Gasteiger partial charge in [-0.15, -0.1) is 0 Å². The molecule has 0 aliphatic carbocycles. The van der Waals surface area contributed by atoms with Crippen LogP contribution in [0.1, 0.15) is 11.1 Å². The van der Waals surface area contributed by atoms with Crippen LogP contribution in [0.25, 0.3) is 0 Å². The number of hydrogen-bond acceptors (Lipinski definition) is 4. The average Bonchev–Trinajstić information content (AvgIpc) is 2.75. The summed E-state index contributed by atoms with van der Waals surface area (Å²) in [5, 5.41) is 2.99. The van der Waals surface area contributed by atoms with E-state index in [1.165, 1.54) is 25.3 Å². The van der Waals surface area contributed by atoms with Crippen LogP contribution in [0.3, 0.4) is 0 Å². The average molecular weight is 493 g/mol. The Kier molecular flexibility index (Phi) is 7.79. The molecule has 0 aromatic heterocycles. The summed E-state index contributed by atoms with van der Waals surface area (Å²) in [7, 11) is -2.66. The van der Waals surface area contributed by atoms with E-state index in [1.807, 2.05) is 43.3 Å². The molecular formula is C23H22Cl2N2O4S. The van der Waals surface area contributed by atoms with Gasteiger partial charge in [0.1, 0.15) is 16.7 Å². The van der Waals surface area contributed by atoms with Gasteiger partial charge in [-0.2, -0.15) is 4.72 Å². The van der Waals surface area contributed by atoms with Gasteiger partial charge in [-0.1, -0.05) is 59.6 Å². The number of ether oxygens (including phenoxy) is 1. The molecule has 32 heavy (non-hydrogen) atoms. The number of aryl methyl sites for hydroxylation is 1. The summed E-state index contributed by atoms with van der Waals surface area (Å²) in [5.74, 6) is -0.0809. The molecule has 3 aromatic rings. The zero-order valence-electron chi connectivity index (χ0n) is 17.4. The number of nitrogens with one attached hydrogen (secondary N) is 2. The second-order valence-electron chi connectivity index (χ2n) is 7.13. The Morgan fingerprint density at radius 2 is 1.75 bits per heavy atom.